The third kappa shape index (κ3) is 4.05. The predicted molar refractivity (Wildman–Crippen MR) is 83.8 cm³/mol. The lowest BCUT2D eigenvalue weighted by Gasteiger charge is -2.34. The molecule has 0 aliphatic carbocycles. The van der Waals surface area contributed by atoms with E-state index in [1.807, 2.05) is 6.92 Å². The van der Waals surface area contributed by atoms with Crippen molar-refractivity contribution in [3.05, 3.63) is 35.4 Å². The Hall–Kier alpha value is -0.900. The Morgan fingerprint density at radius 3 is 2.50 bits per heavy atom. The van der Waals surface area contributed by atoms with Crippen LogP contribution in [0, 0.1) is 0 Å². The van der Waals surface area contributed by atoms with Gasteiger partial charge < -0.3 is 10.5 Å². The number of nitrogens with two attached hydrogens (primary N) is 1. The van der Waals surface area contributed by atoms with Gasteiger partial charge in [-0.3, -0.25) is 4.90 Å². The summed E-state index contributed by atoms with van der Waals surface area (Å²) in [5.74, 6) is 0. The molecule has 112 valence electrons. The zero-order valence-corrected chi connectivity index (χ0v) is 13.2. The van der Waals surface area contributed by atoms with Crippen molar-refractivity contribution in [1.29, 1.82) is 0 Å². The van der Waals surface area contributed by atoms with Crippen LogP contribution in [0.3, 0.4) is 0 Å². The molecule has 0 aromatic heterocycles. The van der Waals surface area contributed by atoms with Crippen LogP contribution in [-0.2, 0) is 16.7 Å². The van der Waals surface area contributed by atoms with Gasteiger partial charge >= 0.3 is 0 Å². The Kier molecular flexibility index (Phi) is 4.84. The molecule has 2 rings (SSSR count). The Balaban J connectivity index is 1.96. The van der Waals surface area contributed by atoms with Crippen LogP contribution >= 0.6 is 0 Å². The standard InChI is InChI=1S/C17H28N2O/c1-13(18)16-12-19(9-10-20-16)11-14-5-7-15(8-6-14)17(2,3)4/h5-8,13,16H,9-12,18H2,1-4H3. The van der Waals surface area contributed by atoms with Gasteiger partial charge in [-0.15, -0.1) is 0 Å². The highest BCUT2D eigenvalue weighted by atomic mass is 16.5. The fourth-order valence-corrected chi connectivity index (χ4v) is 2.56. The highest BCUT2D eigenvalue weighted by molar-refractivity contribution is 5.27. The molecule has 0 bridgehead atoms. The van der Waals surface area contributed by atoms with Crippen LogP contribution in [0.25, 0.3) is 0 Å². The van der Waals surface area contributed by atoms with Gasteiger partial charge in [-0.2, -0.15) is 0 Å². The number of rotatable bonds is 3. The summed E-state index contributed by atoms with van der Waals surface area (Å²) in [6, 6.07) is 9.09. The molecule has 2 atom stereocenters. The topological polar surface area (TPSA) is 38.5 Å². The van der Waals surface area contributed by atoms with Crippen molar-refractivity contribution < 1.29 is 4.74 Å². The SMILES string of the molecule is CC(N)C1CN(Cc2ccc(C(C)(C)C)cc2)CCO1. The maximum absolute atomic E-state index is 5.94. The van der Waals surface area contributed by atoms with Crippen molar-refractivity contribution in [2.24, 2.45) is 5.73 Å². The molecule has 0 amide bonds. The van der Waals surface area contributed by atoms with Crippen molar-refractivity contribution in [3.63, 3.8) is 0 Å². The maximum atomic E-state index is 5.94. The van der Waals surface area contributed by atoms with Crippen LogP contribution in [0.1, 0.15) is 38.8 Å². The van der Waals surface area contributed by atoms with E-state index in [9.17, 15) is 0 Å². The monoisotopic (exact) mass is 276 g/mol. The molecule has 3 nitrogen and oxygen atoms in total. The first-order valence-electron chi connectivity index (χ1n) is 7.55. The van der Waals surface area contributed by atoms with Crippen LogP contribution in [0.5, 0.6) is 0 Å². The van der Waals surface area contributed by atoms with Gasteiger partial charge in [0.05, 0.1) is 12.7 Å². The van der Waals surface area contributed by atoms with Crippen molar-refractivity contribution in [2.45, 2.75) is 51.8 Å². The van der Waals surface area contributed by atoms with Crippen molar-refractivity contribution in [1.82, 2.24) is 4.90 Å². The van der Waals surface area contributed by atoms with Gasteiger partial charge in [0.25, 0.3) is 0 Å². The summed E-state index contributed by atoms with van der Waals surface area (Å²) in [5, 5.41) is 0. The summed E-state index contributed by atoms with van der Waals surface area (Å²) < 4.78 is 5.70. The van der Waals surface area contributed by atoms with E-state index < -0.39 is 0 Å². The first-order chi connectivity index (χ1) is 9.36. The number of ether oxygens (including phenoxy) is 1. The van der Waals surface area contributed by atoms with E-state index in [4.69, 9.17) is 10.5 Å². The van der Waals surface area contributed by atoms with Gasteiger partial charge in [-0.25, -0.2) is 0 Å². The maximum Gasteiger partial charge on any atom is 0.0850 e. The summed E-state index contributed by atoms with van der Waals surface area (Å²) in [5.41, 5.74) is 8.91. The highest BCUT2D eigenvalue weighted by Crippen LogP contribution is 2.22. The van der Waals surface area contributed by atoms with E-state index in [1.165, 1.54) is 11.1 Å². The second-order valence-corrected chi connectivity index (χ2v) is 6.95. The Labute approximate surface area is 123 Å². The lowest BCUT2D eigenvalue weighted by atomic mass is 9.87. The normalized spacial score (nSPS) is 22.8. The van der Waals surface area contributed by atoms with Gasteiger partial charge in [0, 0.05) is 25.7 Å². The molecule has 0 saturated carbocycles. The minimum atomic E-state index is 0.0982. The quantitative estimate of drug-likeness (QED) is 0.922. The average molecular weight is 276 g/mol. The molecule has 0 radical (unpaired) electrons. The molecular formula is C17H28N2O. The highest BCUT2D eigenvalue weighted by Gasteiger charge is 2.23. The Morgan fingerprint density at radius 1 is 1.30 bits per heavy atom. The largest absolute Gasteiger partial charge is 0.374 e. The van der Waals surface area contributed by atoms with Gasteiger partial charge in [0.15, 0.2) is 0 Å². The van der Waals surface area contributed by atoms with E-state index in [0.717, 1.165) is 26.2 Å². The smallest absolute Gasteiger partial charge is 0.0850 e. The summed E-state index contributed by atoms with van der Waals surface area (Å²) in [4.78, 5) is 2.43. The molecule has 1 fully saturated rings. The lowest BCUT2D eigenvalue weighted by Crippen LogP contribution is -2.49. The first kappa shape index (κ1) is 15.5. The summed E-state index contributed by atoms with van der Waals surface area (Å²) in [6.45, 7) is 12.4. The predicted octanol–water partition coefficient (Wildman–Crippen LogP) is 2.53. The van der Waals surface area contributed by atoms with Gasteiger partial charge in [0.2, 0.25) is 0 Å². The van der Waals surface area contributed by atoms with Crippen LogP contribution in [0.15, 0.2) is 24.3 Å². The van der Waals surface area contributed by atoms with Gasteiger partial charge in [-0.05, 0) is 23.5 Å². The Bertz CT molecular complexity index is 420. The molecule has 1 aromatic rings. The van der Waals surface area contributed by atoms with Gasteiger partial charge in [0.1, 0.15) is 0 Å². The van der Waals surface area contributed by atoms with Crippen LogP contribution < -0.4 is 5.73 Å². The zero-order chi connectivity index (χ0) is 14.8. The summed E-state index contributed by atoms with van der Waals surface area (Å²) in [7, 11) is 0. The third-order valence-electron chi connectivity index (χ3n) is 3.99. The number of benzene rings is 1. The molecule has 1 aliphatic heterocycles. The van der Waals surface area contributed by atoms with Crippen LogP contribution in [-0.4, -0.2) is 36.7 Å². The summed E-state index contributed by atoms with van der Waals surface area (Å²) >= 11 is 0. The third-order valence-corrected chi connectivity index (χ3v) is 3.99. The number of hydrogen-bond donors (Lipinski definition) is 1. The minimum absolute atomic E-state index is 0.0982. The van der Waals surface area contributed by atoms with Crippen molar-refractivity contribution in [3.8, 4) is 0 Å². The lowest BCUT2D eigenvalue weighted by molar-refractivity contribution is -0.0403. The second kappa shape index (κ2) is 6.25. The molecule has 1 aliphatic rings. The number of morpholine rings is 1. The van der Waals surface area contributed by atoms with E-state index >= 15 is 0 Å². The molecule has 2 unspecified atom stereocenters. The van der Waals surface area contributed by atoms with E-state index in [1.54, 1.807) is 0 Å². The van der Waals surface area contributed by atoms with E-state index in [-0.39, 0.29) is 17.6 Å². The molecule has 2 N–H and O–H groups in total. The van der Waals surface area contributed by atoms with E-state index in [0.29, 0.717) is 0 Å². The second-order valence-electron chi connectivity index (χ2n) is 6.95. The molecule has 0 spiro atoms. The molecule has 1 saturated heterocycles. The molecule has 1 aromatic carbocycles. The van der Waals surface area contributed by atoms with Gasteiger partial charge in [-0.1, -0.05) is 45.0 Å². The fourth-order valence-electron chi connectivity index (χ4n) is 2.56. The van der Waals surface area contributed by atoms with Crippen LogP contribution in [0.2, 0.25) is 0 Å². The van der Waals surface area contributed by atoms with Crippen molar-refractivity contribution in [2.75, 3.05) is 19.7 Å². The Morgan fingerprint density at radius 2 is 1.95 bits per heavy atom. The summed E-state index contributed by atoms with van der Waals surface area (Å²) in [6.07, 6.45) is 0.164. The number of nitrogens with zero attached hydrogens (tertiary/aromatic N) is 1. The van der Waals surface area contributed by atoms with Crippen LogP contribution in [0.4, 0.5) is 0 Å². The first-order valence-corrected chi connectivity index (χ1v) is 7.55. The average Bonchev–Trinajstić information content (AvgIpc) is 2.38. The number of hydrogen-bond acceptors (Lipinski definition) is 3. The zero-order valence-electron chi connectivity index (χ0n) is 13.2. The molecular weight excluding hydrogens is 248 g/mol. The fraction of sp³-hybridized carbons (Fsp3) is 0.647. The van der Waals surface area contributed by atoms with Crippen molar-refractivity contribution >= 4 is 0 Å². The molecule has 1 heterocycles. The molecule has 20 heavy (non-hydrogen) atoms. The van der Waals surface area contributed by atoms with E-state index in [2.05, 4.69) is 49.9 Å². The molecule has 3 heteroatoms. The minimum Gasteiger partial charge on any atom is -0.374 e.